The molecule has 10 heteroatoms. The molecule has 1 aromatic carbocycles. The molecule has 0 unspecified atom stereocenters. The lowest BCUT2D eigenvalue weighted by Crippen LogP contribution is -2.48. The van der Waals surface area contributed by atoms with Gasteiger partial charge in [0.05, 0.1) is 11.1 Å². The number of rotatable bonds is 3. The lowest BCUT2D eigenvalue weighted by atomic mass is 10.0. The first-order valence-electron chi connectivity index (χ1n) is 10.5. The van der Waals surface area contributed by atoms with Crippen molar-refractivity contribution in [2.75, 3.05) is 40.0 Å². The SMILES string of the molecule is CN1CCN([C@@H](c2cc3cc4c(cc3[nH]c2=O)OCO4)c2nnnn2C(C)(C)C)CC1. The number of nitrogens with zero attached hydrogens (tertiary/aromatic N) is 6. The highest BCUT2D eigenvalue weighted by Gasteiger charge is 2.34. The maximum atomic E-state index is 13.3. The van der Waals surface area contributed by atoms with Crippen molar-refractivity contribution < 1.29 is 9.47 Å². The number of hydrogen-bond acceptors (Lipinski definition) is 8. The van der Waals surface area contributed by atoms with Crippen LogP contribution in [0.4, 0.5) is 0 Å². The highest BCUT2D eigenvalue weighted by atomic mass is 16.7. The van der Waals surface area contributed by atoms with Gasteiger partial charge < -0.3 is 19.4 Å². The Morgan fingerprint density at radius 1 is 1.06 bits per heavy atom. The molecule has 3 aromatic rings. The van der Waals surface area contributed by atoms with Gasteiger partial charge in [0, 0.05) is 43.2 Å². The Balaban J connectivity index is 1.67. The molecule has 2 aliphatic heterocycles. The van der Waals surface area contributed by atoms with Crippen LogP contribution in [0.15, 0.2) is 23.0 Å². The first kappa shape index (κ1) is 20.0. The van der Waals surface area contributed by atoms with E-state index in [9.17, 15) is 4.79 Å². The Bertz CT molecular complexity index is 1170. The fourth-order valence-electron chi connectivity index (χ4n) is 4.24. The number of benzene rings is 1. The number of likely N-dealkylation sites (N-methyl/N-ethyl adjacent to an activating group) is 1. The van der Waals surface area contributed by atoms with E-state index in [1.807, 2.05) is 22.9 Å². The fourth-order valence-corrected chi connectivity index (χ4v) is 4.24. The van der Waals surface area contributed by atoms with Crippen LogP contribution in [0.3, 0.4) is 0 Å². The molecule has 0 bridgehead atoms. The summed E-state index contributed by atoms with van der Waals surface area (Å²) in [4.78, 5) is 20.9. The zero-order valence-electron chi connectivity index (χ0n) is 18.3. The van der Waals surface area contributed by atoms with Crippen molar-refractivity contribution in [3.8, 4) is 11.5 Å². The van der Waals surface area contributed by atoms with Crippen LogP contribution in [0.2, 0.25) is 0 Å². The summed E-state index contributed by atoms with van der Waals surface area (Å²) in [6.45, 7) is 9.81. The van der Waals surface area contributed by atoms with Gasteiger partial charge in [0.2, 0.25) is 6.79 Å². The number of tetrazole rings is 1. The van der Waals surface area contributed by atoms with E-state index < -0.39 is 0 Å². The molecule has 164 valence electrons. The summed E-state index contributed by atoms with van der Waals surface area (Å²) in [6, 6.07) is 5.29. The van der Waals surface area contributed by atoms with E-state index in [1.165, 1.54) is 0 Å². The molecule has 0 amide bonds. The molecule has 0 aliphatic carbocycles. The Morgan fingerprint density at radius 3 is 2.48 bits per heavy atom. The van der Waals surface area contributed by atoms with Gasteiger partial charge in [0.25, 0.3) is 5.56 Å². The molecular weight excluding hydrogens is 398 g/mol. The molecule has 0 radical (unpaired) electrons. The highest BCUT2D eigenvalue weighted by molar-refractivity contribution is 5.83. The number of pyridine rings is 1. The van der Waals surface area contributed by atoms with E-state index in [-0.39, 0.29) is 23.9 Å². The van der Waals surface area contributed by atoms with Crippen molar-refractivity contribution in [3.63, 3.8) is 0 Å². The van der Waals surface area contributed by atoms with Gasteiger partial charge in [-0.25, -0.2) is 4.68 Å². The molecule has 2 aliphatic rings. The normalized spacial score (nSPS) is 18.6. The van der Waals surface area contributed by atoms with Gasteiger partial charge in [-0.05, 0) is 50.4 Å². The second-order valence-corrected chi connectivity index (χ2v) is 9.21. The zero-order chi connectivity index (χ0) is 21.8. The monoisotopic (exact) mass is 425 g/mol. The van der Waals surface area contributed by atoms with Gasteiger partial charge in [-0.3, -0.25) is 9.69 Å². The number of aromatic amines is 1. The summed E-state index contributed by atoms with van der Waals surface area (Å²) in [5.41, 5.74) is 0.861. The van der Waals surface area contributed by atoms with Gasteiger partial charge in [-0.2, -0.15) is 0 Å². The van der Waals surface area contributed by atoms with Crippen LogP contribution in [0.5, 0.6) is 11.5 Å². The molecule has 1 fully saturated rings. The maximum Gasteiger partial charge on any atom is 0.253 e. The van der Waals surface area contributed by atoms with Crippen LogP contribution in [0, 0.1) is 0 Å². The molecule has 0 saturated carbocycles. The lowest BCUT2D eigenvalue weighted by molar-refractivity contribution is 0.118. The number of hydrogen-bond donors (Lipinski definition) is 1. The number of nitrogens with one attached hydrogen (secondary N) is 1. The van der Waals surface area contributed by atoms with Crippen molar-refractivity contribution in [3.05, 3.63) is 39.9 Å². The van der Waals surface area contributed by atoms with Gasteiger partial charge in [0.15, 0.2) is 17.3 Å². The second kappa shape index (κ2) is 7.31. The van der Waals surface area contributed by atoms with Crippen molar-refractivity contribution in [2.24, 2.45) is 0 Å². The van der Waals surface area contributed by atoms with E-state index >= 15 is 0 Å². The quantitative estimate of drug-likeness (QED) is 0.671. The third-order valence-corrected chi connectivity index (χ3v) is 5.94. The molecule has 4 heterocycles. The lowest BCUT2D eigenvalue weighted by Gasteiger charge is -2.38. The number of ether oxygens (including phenoxy) is 2. The Labute approximate surface area is 179 Å². The number of aromatic nitrogens is 5. The molecular formula is C21H27N7O3. The molecule has 1 N–H and O–H groups in total. The zero-order valence-corrected chi connectivity index (χ0v) is 18.3. The van der Waals surface area contributed by atoms with Crippen molar-refractivity contribution in [1.29, 1.82) is 0 Å². The molecule has 0 spiro atoms. The van der Waals surface area contributed by atoms with Gasteiger partial charge in [-0.1, -0.05) is 0 Å². The summed E-state index contributed by atoms with van der Waals surface area (Å²) < 4.78 is 12.8. The van der Waals surface area contributed by atoms with Crippen molar-refractivity contribution in [1.82, 2.24) is 35.0 Å². The second-order valence-electron chi connectivity index (χ2n) is 9.21. The van der Waals surface area contributed by atoms with Crippen molar-refractivity contribution >= 4 is 10.9 Å². The van der Waals surface area contributed by atoms with E-state index in [0.717, 1.165) is 31.6 Å². The maximum absolute atomic E-state index is 13.3. The average Bonchev–Trinajstić information content (AvgIpc) is 3.37. The largest absolute Gasteiger partial charge is 0.454 e. The van der Waals surface area contributed by atoms with Crippen LogP contribution >= 0.6 is 0 Å². The standard InChI is InChI=1S/C21H27N7O3/c1-21(2,3)28-19(23-24-25-28)18(27-7-5-26(4)6-8-27)14-9-13-10-16-17(31-12-30-16)11-15(13)22-20(14)29/h9-11,18H,5-8,12H2,1-4H3,(H,22,29)/t18-/m0/s1. The first-order chi connectivity index (χ1) is 14.8. The van der Waals surface area contributed by atoms with E-state index in [2.05, 4.69) is 58.1 Å². The van der Waals surface area contributed by atoms with Gasteiger partial charge in [0.1, 0.15) is 6.04 Å². The fraction of sp³-hybridized carbons (Fsp3) is 0.524. The van der Waals surface area contributed by atoms with E-state index in [1.54, 1.807) is 0 Å². The Hall–Kier alpha value is -2.98. The predicted octanol–water partition coefficient (Wildman–Crippen LogP) is 1.34. The molecule has 5 rings (SSSR count). The number of H-pyrrole nitrogens is 1. The minimum atomic E-state index is -0.360. The van der Waals surface area contributed by atoms with E-state index in [4.69, 9.17) is 9.47 Å². The van der Waals surface area contributed by atoms with Gasteiger partial charge in [-0.15, -0.1) is 5.10 Å². The minimum Gasteiger partial charge on any atom is -0.454 e. The Morgan fingerprint density at radius 2 is 1.77 bits per heavy atom. The minimum absolute atomic E-state index is 0.154. The van der Waals surface area contributed by atoms with Crippen LogP contribution < -0.4 is 15.0 Å². The third-order valence-electron chi connectivity index (χ3n) is 5.94. The molecule has 1 saturated heterocycles. The van der Waals surface area contributed by atoms with Gasteiger partial charge >= 0.3 is 0 Å². The molecule has 31 heavy (non-hydrogen) atoms. The third kappa shape index (κ3) is 3.55. The summed E-state index contributed by atoms with van der Waals surface area (Å²) in [5, 5.41) is 13.5. The average molecular weight is 425 g/mol. The smallest absolute Gasteiger partial charge is 0.253 e. The topological polar surface area (TPSA) is 101 Å². The summed E-state index contributed by atoms with van der Waals surface area (Å²) in [5.74, 6) is 1.99. The van der Waals surface area contributed by atoms with Crippen LogP contribution in [0.1, 0.15) is 38.2 Å². The highest BCUT2D eigenvalue weighted by Crippen LogP contribution is 2.36. The number of fused-ring (bicyclic) bond motifs is 2. The van der Waals surface area contributed by atoms with Crippen LogP contribution in [-0.2, 0) is 5.54 Å². The molecule has 10 nitrogen and oxygen atoms in total. The first-order valence-corrected chi connectivity index (χ1v) is 10.5. The van der Waals surface area contributed by atoms with E-state index in [0.29, 0.717) is 28.4 Å². The summed E-state index contributed by atoms with van der Waals surface area (Å²) in [7, 11) is 2.11. The van der Waals surface area contributed by atoms with Crippen LogP contribution in [-0.4, -0.2) is 75.0 Å². The predicted molar refractivity (Wildman–Crippen MR) is 114 cm³/mol. The molecule has 2 aromatic heterocycles. The molecule has 1 atom stereocenters. The summed E-state index contributed by atoms with van der Waals surface area (Å²) >= 11 is 0. The Kier molecular flexibility index (Phi) is 4.71. The van der Waals surface area contributed by atoms with Crippen molar-refractivity contribution in [2.45, 2.75) is 32.4 Å². The summed E-state index contributed by atoms with van der Waals surface area (Å²) in [6.07, 6.45) is 0. The number of piperazine rings is 1. The van der Waals surface area contributed by atoms with Crippen LogP contribution in [0.25, 0.3) is 10.9 Å².